The molecule has 0 amide bonds. The van der Waals surface area contributed by atoms with Gasteiger partial charge in [0.2, 0.25) is 5.71 Å². The van der Waals surface area contributed by atoms with Gasteiger partial charge in [-0.1, -0.05) is 50.1 Å². The molecule has 0 aromatic heterocycles. The summed E-state index contributed by atoms with van der Waals surface area (Å²) in [6.45, 7) is 12.7. The summed E-state index contributed by atoms with van der Waals surface area (Å²) in [7, 11) is -6.09. The van der Waals surface area contributed by atoms with Gasteiger partial charge in [0.1, 0.15) is 13.1 Å². The van der Waals surface area contributed by atoms with Crippen LogP contribution in [-0.4, -0.2) is 59.8 Å². The third kappa shape index (κ3) is 10.7. The summed E-state index contributed by atoms with van der Waals surface area (Å²) in [6.07, 6.45) is 6.66. The van der Waals surface area contributed by atoms with E-state index in [1.165, 1.54) is 22.5 Å². The number of alkyl halides is 3. The average Bonchev–Trinajstić information content (AvgIpc) is 2.83. The lowest BCUT2D eigenvalue weighted by Gasteiger charge is -2.24. The molecule has 2 aromatic rings. The molecule has 2 aromatic carbocycles. The van der Waals surface area contributed by atoms with Crippen LogP contribution in [0.25, 0.3) is 5.70 Å². The Morgan fingerprint density at radius 2 is 1.30 bits per heavy atom. The highest BCUT2D eigenvalue weighted by molar-refractivity contribution is 9.10. The van der Waals surface area contributed by atoms with Crippen molar-refractivity contribution in [1.82, 2.24) is 4.90 Å². The second kappa shape index (κ2) is 15.5. The maximum atomic E-state index is 10.7. The SMILES string of the molecule is CCN(CC)/C(=C/C=C/C(c1ccc(Br)cc1)=[N+](CC)CC)c1ccc(Br)cc1.O=S(=O)([O-])C(F)(F)F. The summed E-state index contributed by atoms with van der Waals surface area (Å²) in [5, 5.41) is 0. The van der Waals surface area contributed by atoms with Gasteiger partial charge in [0.25, 0.3) is 0 Å². The van der Waals surface area contributed by atoms with Crippen LogP contribution in [-0.2, 0) is 10.1 Å². The van der Waals surface area contributed by atoms with E-state index in [9.17, 15) is 13.2 Å². The van der Waals surface area contributed by atoms with Crippen molar-refractivity contribution >= 4 is 53.4 Å². The smallest absolute Gasteiger partial charge is 0.485 e. The van der Waals surface area contributed by atoms with Crippen LogP contribution in [0.15, 0.2) is 75.7 Å². The minimum absolute atomic E-state index is 0.978. The quantitative estimate of drug-likeness (QED) is 0.0946. The van der Waals surface area contributed by atoms with Gasteiger partial charge in [-0.3, -0.25) is 0 Å². The lowest BCUT2D eigenvalue weighted by Crippen LogP contribution is -2.21. The maximum absolute atomic E-state index is 10.7. The second-order valence-electron chi connectivity index (χ2n) is 7.55. The van der Waals surface area contributed by atoms with E-state index in [0.717, 1.165) is 35.1 Å². The number of benzene rings is 2. The molecule has 0 atom stereocenters. The fourth-order valence-corrected chi connectivity index (χ4v) is 3.90. The first kappa shape index (κ1) is 33.1. The molecule has 2 rings (SSSR count). The van der Waals surface area contributed by atoms with E-state index in [2.05, 4.69) is 136 Å². The molecule has 37 heavy (non-hydrogen) atoms. The van der Waals surface area contributed by atoms with Gasteiger partial charge in [-0.05, 0) is 75.7 Å². The van der Waals surface area contributed by atoms with Gasteiger partial charge in [0.05, 0.1) is 0 Å². The van der Waals surface area contributed by atoms with Gasteiger partial charge in [-0.2, -0.15) is 13.2 Å². The molecule has 0 radical (unpaired) electrons. The van der Waals surface area contributed by atoms with Crippen LogP contribution in [0.1, 0.15) is 38.8 Å². The third-order valence-corrected chi connectivity index (χ3v) is 6.90. The Morgan fingerprint density at radius 3 is 1.65 bits per heavy atom. The van der Waals surface area contributed by atoms with E-state index in [-0.39, 0.29) is 0 Å². The molecule has 0 bridgehead atoms. The van der Waals surface area contributed by atoms with Gasteiger partial charge in [0.15, 0.2) is 10.1 Å². The van der Waals surface area contributed by atoms with Crippen LogP contribution >= 0.6 is 31.9 Å². The second-order valence-corrected chi connectivity index (χ2v) is 10.8. The summed E-state index contributed by atoms with van der Waals surface area (Å²) in [5.41, 5.74) is -0.696. The molecule has 0 aliphatic heterocycles. The summed E-state index contributed by atoms with van der Waals surface area (Å²) in [6, 6.07) is 17.1. The number of nitrogens with zero attached hydrogens (tertiary/aromatic N) is 2. The Kier molecular flexibility index (Phi) is 13.8. The van der Waals surface area contributed by atoms with Gasteiger partial charge >= 0.3 is 5.51 Å². The molecule has 0 heterocycles. The summed E-state index contributed by atoms with van der Waals surface area (Å²) >= 11 is 7.08. The van der Waals surface area contributed by atoms with Crippen LogP contribution in [0, 0.1) is 0 Å². The predicted octanol–water partition coefficient (Wildman–Crippen LogP) is 7.04. The van der Waals surface area contributed by atoms with Crippen molar-refractivity contribution in [2.75, 3.05) is 26.2 Å². The fraction of sp³-hybridized carbons (Fsp3) is 0.346. The predicted molar refractivity (Wildman–Crippen MR) is 150 cm³/mol. The highest BCUT2D eigenvalue weighted by Gasteiger charge is 2.36. The molecule has 204 valence electrons. The van der Waals surface area contributed by atoms with Crippen molar-refractivity contribution < 1.29 is 30.7 Å². The van der Waals surface area contributed by atoms with E-state index >= 15 is 0 Å². The molecule has 0 spiro atoms. The van der Waals surface area contributed by atoms with Crippen molar-refractivity contribution in [3.8, 4) is 0 Å². The van der Waals surface area contributed by atoms with Crippen molar-refractivity contribution in [2.24, 2.45) is 0 Å². The monoisotopic (exact) mass is 666 g/mol. The first-order valence-electron chi connectivity index (χ1n) is 11.6. The zero-order valence-electron chi connectivity index (χ0n) is 21.1. The van der Waals surface area contributed by atoms with Gasteiger partial charge in [0, 0.05) is 39.4 Å². The molecular weight excluding hydrogens is 637 g/mol. The zero-order chi connectivity index (χ0) is 28.2. The number of rotatable bonds is 9. The lowest BCUT2D eigenvalue weighted by atomic mass is 10.1. The van der Waals surface area contributed by atoms with Crippen LogP contribution in [0.5, 0.6) is 0 Å². The van der Waals surface area contributed by atoms with E-state index in [0.29, 0.717) is 0 Å². The molecule has 0 fully saturated rings. The molecule has 0 saturated carbocycles. The van der Waals surface area contributed by atoms with E-state index in [4.69, 9.17) is 13.0 Å². The highest BCUT2D eigenvalue weighted by Crippen LogP contribution is 2.22. The van der Waals surface area contributed by atoms with E-state index < -0.39 is 15.6 Å². The number of hydrogen-bond donors (Lipinski definition) is 0. The Labute approximate surface area is 234 Å². The van der Waals surface area contributed by atoms with Gasteiger partial charge < -0.3 is 9.45 Å². The molecule has 0 aliphatic carbocycles. The van der Waals surface area contributed by atoms with Crippen LogP contribution in [0.2, 0.25) is 0 Å². The largest absolute Gasteiger partial charge is 0.741 e. The molecule has 0 unspecified atom stereocenters. The Balaban J connectivity index is 0.000000738. The molecule has 5 nitrogen and oxygen atoms in total. The lowest BCUT2D eigenvalue weighted by molar-refractivity contribution is -0.519. The molecular formula is C26H31Br2F3N2O3S. The topological polar surface area (TPSA) is 63.5 Å². The third-order valence-electron chi connectivity index (χ3n) is 5.28. The van der Waals surface area contributed by atoms with Crippen molar-refractivity contribution in [3.05, 3.63) is 86.8 Å². The molecule has 0 aliphatic rings. The molecule has 11 heteroatoms. The van der Waals surface area contributed by atoms with Crippen LogP contribution < -0.4 is 0 Å². The summed E-state index contributed by atoms with van der Waals surface area (Å²) in [4.78, 5) is 2.39. The number of hydrogen-bond acceptors (Lipinski definition) is 4. The summed E-state index contributed by atoms with van der Waals surface area (Å²) < 4.78 is 63.5. The van der Waals surface area contributed by atoms with E-state index in [1.807, 2.05) is 0 Å². The van der Waals surface area contributed by atoms with Crippen molar-refractivity contribution in [1.29, 1.82) is 0 Å². The number of halogens is 5. The van der Waals surface area contributed by atoms with Gasteiger partial charge in [-0.15, -0.1) is 0 Å². The summed E-state index contributed by atoms with van der Waals surface area (Å²) in [5.74, 6) is 0. The normalized spacial score (nSPS) is 12.2. The average molecular weight is 668 g/mol. The first-order valence-corrected chi connectivity index (χ1v) is 14.6. The van der Waals surface area contributed by atoms with Crippen LogP contribution in [0.4, 0.5) is 13.2 Å². The minimum atomic E-state index is -6.09. The Morgan fingerprint density at radius 1 is 0.892 bits per heavy atom. The highest BCUT2D eigenvalue weighted by atomic mass is 79.9. The maximum Gasteiger partial charge on any atom is 0.485 e. The van der Waals surface area contributed by atoms with Crippen molar-refractivity contribution in [3.63, 3.8) is 0 Å². The number of allylic oxidation sites excluding steroid dienone is 3. The van der Waals surface area contributed by atoms with Crippen LogP contribution in [0.3, 0.4) is 0 Å². The standard InChI is InChI=1S/C25H31Br2N2.CHF3O3S/c1-5-28(6-2)24(20-12-16-22(26)17-13-20)10-9-11-25(29(7-3)8-4)21-14-18-23(27)19-15-21;2-1(3,4)8(5,6)7/h9-19H,5-8H2,1-4H3;(H,5,6,7)/q+1;/p-1. The van der Waals surface area contributed by atoms with E-state index in [1.54, 1.807) is 0 Å². The zero-order valence-corrected chi connectivity index (χ0v) is 25.1. The van der Waals surface area contributed by atoms with Crippen molar-refractivity contribution in [2.45, 2.75) is 33.2 Å². The Hall–Kier alpha value is -1.95. The minimum Gasteiger partial charge on any atom is -0.741 e. The fourth-order valence-electron chi connectivity index (χ4n) is 3.37. The first-order chi connectivity index (χ1) is 17.3. The Bertz CT molecular complexity index is 1180. The van der Waals surface area contributed by atoms with Gasteiger partial charge in [-0.25, -0.2) is 13.0 Å². The molecule has 0 saturated heterocycles. The molecule has 0 N–H and O–H groups in total.